The average Bonchev–Trinajstić information content (AvgIpc) is 2.93. The maximum absolute atomic E-state index is 12.9. The summed E-state index contributed by atoms with van der Waals surface area (Å²) in [6, 6.07) is 16.5. The molecule has 0 fully saturated rings. The molecule has 25 heavy (non-hydrogen) atoms. The molecule has 2 aromatic carbocycles. The van der Waals surface area contributed by atoms with Crippen LogP contribution in [0.5, 0.6) is 0 Å². The molecular weight excluding hydrogens is 312 g/mol. The molecule has 1 atom stereocenters. The van der Waals surface area contributed by atoms with Crippen molar-refractivity contribution in [2.75, 3.05) is 6.54 Å². The highest BCUT2D eigenvalue weighted by atomic mass is 16.2. The van der Waals surface area contributed by atoms with E-state index < -0.39 is 6.04 Å². The lowest BCUT2D eigenvalue weighted by Crippen LogP contribution is -2.41. The first-order chi connectivity index (χ1) is 12.1. The summed E-state index contributed by atoms with van der Waals surface area (Å²) in [6.07, 6.45) is 0.918. The fourth-order valence-electron chi connectivity index (χ4n) is 3.17. The summed E-state index contributed by atoms with van der Waals surface area (Å²) in [5, 5.41) is 3.00. The smallest absolute Gasteiger partial charge is 0.255 e. The van der Waals surface area contributed by atoms with E-state index in [2.05, 4.69) is 19.2 Å². The Hall–Kier alpha value is -2.62. The number of nitrogens with zero attached hydrogens (tertiary/aromatic N) is 1. The topological polar surface area (TPSA) is 49.4 Å². The Bertz CT molecular complexity index is 756. The van der Waals surface area contributed by atoms with Crippen LogP contribution in [0.3, 0.4) is 0 Å². The number of rotatable bonds is 6. The van der Waals surface area contributed by atoms with Crippen LogP contribution in [0.15, 0.2) is 54.6 Å². The standard InChI is InChI=1S/C21H24N2O2/c1-15(2)12-13-22-20(24)19(16-8-4-3-5-9-16)23-14-17-10-6-7-11-18(17)21(23)25/h3-11,15,19H,12-14H2,1-2H3,(H,22,24)/t19-/m1/s1. The maximum atomic E-state index is 12.9. The summed E-state index contributed by atoms with van der Waals surface area (Å²) in [5.74, 6) is 0.324. The normalized spacial score (nSPS) is 14.5. The molecule has 1 aliphatic rings. The molecule has 1 aliphatic heterocycles. The molecule has 0 radical (unpaired) electrons. The van der Waals surface area contributed by atoms with Gasteiger partial charge in [0, 0.05) is 18.7 Å². The van der Waals surface area contributed by atoms with Crippen LogP contribution in [0, 0.1) is 5.92 Å². The molecule has 4 heteroatoms. The quantitative estimate of drug-likeness (QED) is 0.877. The molecule has 1 N–H and O–H groups in total. The summed E-state index contributed by atoms with van der Waals surface area (Å²) in [7, 11) is 0. The molecule has 0 saturated carbocycles. The van der Waals surface area contributed by atoms with Crippen molar-refractivity contribution >= 4 is 11.8 Å². The first-order valence-corrected chi connectivity index (χ1v) is 8.79. The van der Waals surface area contributed by atoms with E-state index in [9.17, 15) is 9.59 Å². The molecule has 130 valence electrons. The zero-order valence-electron chi connectivity index (χ0n) is 14.7. The number of carbonyl (C=O) groups excluding carboxylic acids is 2. The SMILES string of the molecule is CC(C)CCNC(=O)[C@@H](c1ccccc1)N1Cc2ccccc2C1=O. The van der Waals surface area contributed by atoms with Gasteiger partial charge in [-0.05, 0) is 29.5 Å². The van der Waals surface area contributed by atoms with Gasteiger partial charge >= 0.3 is 0 Å². The zero-order valence-corrected chi connectivity index (χ0v) is 14.7. The van der Waals surface area contributed by atoms with Crippen molar-refractivity contribution in [1.29, 1.82) is 0 Å². The molecular formula is C21H24N2O2. The number of hydrogen-bond donors (Lipinski definition) is 1. The lowest BCUT2D eigenvalue weighted by atomic mass is 10.0. The van der Waals surface area contributed by atoms with Gasteiger partial charge in [-0.25, -0.2) is 0 Å². The van der Waals surface area contributed by atoms with E-state index in [1.165, 1.54) is 0 Å². The third-order valence-electron chi connectivity index (χ3n) is 4.55. The van der Waals surface area contributed by atoms with Crippen LogP contribution >= 0.6 is 0 Å². The van der Waals surface area contributed by atoms with Gasteiger partial charge in [0.15, 0.2) is 0 Å². The van der Waals surface area contributed by atoms with Crippen LogP contribution in [0.2, 0.25) is 0 Å². The second-order valence-electron chi connectivity index (χ2n) is 6.88. The fraction of sp³-hybridized carbons (Fsp3) is 0.333. The molecule has 0 bridgehead atoms. The summed E-state index contributed by atoms with van der Waals surface area (Å²) >= 11 is 0. The fourth-order valence-corrected chi connectivity index (χ4v) is 3.17. The highest BCUT2D eigenvalue weighted by molar-refractivity contribution is 6.01. The summed E-state index contributed by atoms with van der Waals surface area (Å²) in [5.41, 5.74) is 2.51. The zero-order chi connectivity index (χ0) is 17.8. The first-order valence-electron chi connectivity index (χ1n) is 8.79. The number of nitrogens with one attached hydrogen (secondary N) is 1. The van der Waals surface area contributed by atoms with Crippen LogP contribution < -0.4 is 5.32 Å². The van der Waals surface area contributed by atoms with E-state index in [1.54, 1.807) is 4.90 Å². The van der Waals surface area contributed by atoms with Crippen molar-refractivity contribution < 1.29 is 9.59 Å². The van der Waals surface area contributed by atoms with Crippen molar-refractivity contribution in [3.63, 3.8) is 0 Å². The maximum Gasteiger partial charge on any atom is 0.255 e. The summed E-state index contributed by atoms with van der Waals surface area (Å²) in [6.45, 7) is 5.34. The predicted molar refractivity (Wildman–Crippen MR) is 98.0 cm³/mol. The molecule has 0 unspecified atom stereocenters. The Morgan fingerprint density at radius 3 is 2.44 bits per heavy atom. The van der Waals surface area contributed by atoms with Gasteiger partial charge in [0.1, 0.15) is 6.04 Å². The molecule has 0 aliphatic carbocycles. The van der Waals surface area contributed by atoms with Gasteiger partial charge < -0.3 is 10.2 Å². The second kappa shape index (κ2) is 7.51. The third kappa shape index (κ3) is 3.73. The lowest BCUT2D eigenvalue weighted by Gasteiger charge is -2.27. The van der Waals surface area contributed by atoms with Gasteiger partial charge in [0.05, 0.1) is 0 Å². The van der Waals surface area contributed by atoms with Crippen molar-refractivity contribution in [2.24, 2.45) is 5.92 Å². The van der Waals surface area contributed by atoms with Gasteiger partial charge in [-0.2, -0.15) is 0 Å². The van der Waals surface area contributed by atoms with Crippen LogP contribution in [-0.4, -0.2) is 23.3 Å². The summed E-state index contributed by atoms with van der Waals surface area (Å²) < 4.78 is 0. The monoisotopic (exact) mass is 336 g/mol. The number of hydrogen-bond acceptors (Lipinski definition) is 2. The van der Waals surface area contributed by atoms with E-state index in [4.69, 9.17) is 0 Å². The van der Waals surface area contributed by atoms with Gasteiger partial charge in [-0.15, -0.1) is 0 Å². The van der Waals surface area contributed by atoms with Crippen LogP contribution in [-0.2, 0) is 11.3 Å². The van der Waals surface area contributed by atoms with E-state index >= 15 is 0 Å². The Morgan fingerprint density at radius 1 is 1.08 bits per heavy atom. The molecule has 1 heterocycles. The first kappa shape index (κ1) is 17.2. The van der Waals surface area contributed by atoms with E-state index in [0.717, 1.165) is 17.5 Å². The molecule has 2 amide bonds. The largest absolute Gasteiger partial charge is 0.354 e. The molecule has 0 saturated heterocycles. The number of benzene rings is 2. The minimum Gasteiger partial charge on any atom is -0.354 e. The lowest BCUT2D eigenvalue weighted by molar-refractivity contribution is -0.126. The molecule has 0 spiro atoms. The predicted octanol–water partition coefficient (Wildman–Crippen LogP) is 3.55. The van der Waals surface area contributed by atoms with Gasteiger partial charge in [-0.1, -0.05) is 62.4 Å². The van der Waals surface area contributed by atoms with E-state index in [0.29, 0.717) is 24.6 Å². The molecule has 2 aromatic rings. The molecule has 0 aromatic heterocycles. The molecule has 4 nitrogen and oxygen atoms in total. The third-order valence-corrected chi connectivity index (χ3v) is 4.55. The van der Waals surface area contributed by atoms with Crippen molar-refractivity contribution in [2.45, 2.75) is 32.9 Å². The van der Waals surface area contributed by atoms with E-state index in [1.807, 2.05) is 54.6 Å². The molecule has 3 rings (SSSR count). The number of amides is 2. The Balaban J connectivity index is 1.85. The Morgan fingerprint density at radius 2 is 1.76 bits per heavy atom. The number of carbonyl (C=O) groups is 2. The van der Waals surface area contributed by atoms with Crippen LogP contribution in [0.4, 0.5) is 0 Å². The second-order valence-corrected chi connectivity index (χ2v) is 6.88. The Kier molecular flexibility index (Phi) is 5.17. The van der Waals surface area contributed by atoms with Gasteiger partial charge in [-0.3, -0.25) is 9.59 Å². The number of fused-ring (bicyclic) bond motifs is 1. The average molecular weight is 336 g/mol. The minimum atomic E-state index is -0.603. The van der Waals surface area contributed by atoms with Crippen molar-refractivity contribution in [3.8, 4) is 0 Å². The summed E-state index contributed by atoms with van der Waals surface area (Å²) in [4.78, 5) is 27.4. The van der Waals surface area contributed by atoms with Crippen LogP contribution in [0.1, 0.15) is 47.8 Å². The van der Waals surface area contributed by atoms with Crippen LogP contribution in [0.25, 0.3) is 0 Å². The highest BCUT2D eigenvalue weighted by Gasteiger charge is 2.36. The minimum absolute atomic E-state index is 0.0801. The van der Waals surface area contributed by atoms with E-state index in [-0.39, 0.29) is 11.8 Å². The van der Waals surface area contributed by atoms with Crippen molar-refractivity contribution in [1.82, 2.24) is 10.2 Å². The van der Waals surface area contributed by atoms with Gasteiger partial charge in [0.2, 0.25) is 5.91 Å². The highest BCUT2D eigenvalue weighted by Crippen LogP contribution is 2.31. The van der Waals surface area contributed by atoms with Gasteiger partial charge in [0.25, 0.3) is 5.91 Å². The Labute approximate surface area is 148 Å². The van der Waals surface area contributed by atoms with Crippen molar-refractivity contribution in [3.05, 3.63) is 71.3 Å².